The number of carboxylic acid groups (broad SMARTS) is 1. The van der Waals surface area contributed by atoms with Crippen LogP contribution in [0.4, 0.5) is 15.8 Å². The summed E-state index contributed by atoms with van der Waals surface area (Å²) in [4.78, 5) is 26.5. The molecule has 3 aromatic rings. The maximum atomic E-state index is 13.8. The SMILES string of the molecule is CN(C)CCCc1cccc(NC(=C2C(=O)Nc3cc(F)ccc32)c2cccc(CC(=O)O)c2)c1. The first kappa shape index (κ1) is 24.2. The van der Waals surface area contributed by atoms with Gasteiger partial charge in [0.2, 0.25) is 0 Å². The van der Waals surface area contributed by atoms with E-state index in [1.54, 1.807) is 24.3 Å². The van der Waals surface area contributed by atoms with Crippen LogP contribution >= 0.6 is 0 Å². The molecule has 0 spiro atoms. The highest BCUT2D eigenvalue weighted by atomic mass is 19.1. The number of benzene rings is 3. The molecule has 0 bridgehead atoms. The number of fused-ring (bicyclic) bond motifs is 1. The van der Waals surface area contributed by atoms with Gasteiger partial charge in [-0.2, -0.15) is 0 Å². The molecule has 4 rings (SSSR count). The van der Waals surface area contributed by atoms with Crippen molar-refractivity contribution in [3.8, 4) is 0 Å². The fourth-order valence-electron chi connectivity index (χ4n) is 4.23. The van der Waals surface area contributed by atoms with Crippen molar-refractivity contribution in [2.75, 3.05) is 31.3 Å². The molecule has 1 heterocycles. The molecular formula is C28H28FN3O3. The smallest absolute Gasteiger partial charge is 0.307 e. The third kappa shape index (κ3) is 5.94. The zero-order chi connectivity index (χ0) is 24.9. The fourth-order valence-corrected chi connectivity index (χ4v) is 4.23. The Bertz CT molecular complexity index is 1300. The van der Waals surface area contributed by atoms with Crippen molar-refractivity contribution < 1.29 is 19.1 Å². The Hall–Kier alpha value is -3.97. The van der Waals surface area contributed by atoms with E-state index in [1.165, 1.54) is 17.7 Å². The van der Waals surface area contributed by atoms with Crippen molar-refractivity contribution in [2.24, 2.45) is 0 Å². The summed E-state index contributed by atoms with van der Waals surface area (Å²) in [5.41, 5.74) is 5.17. The largest absolute Gasteiger partial charge is 0.481 e. The lowest BCUT2D eigenvalue weighted by Gasteiger charge is -2.16. The van der Waals surface area contributed by atoms with Crippen molar-refractivity contribution in [2.45, 2.75) is 19.3 Å². The van der Waals surface area contributed by atoms with Gasteiger partial charge in [-0.25, -0.2) is 4.39 Å². The highest BCUT2D eigenvalue weighted by Gasteiger charge is 2.29. The molecular weight excluding hydrogens is 445 g/mol. The fraction of sp³-hybridized carbons (Fsp3) is 0.214. The molecule has 0 atom stereocenters. The first-order valence-electron chi connectivity index (χ1n) is 11.5. The second-order valence-corrected chi connectivity index (χ2v) is 8.90. The van der Waals surface area contributed by atoms with Crippen LogP contribution in [0.25, 0.3) is 11.3 Å². The lowest BCUT2D eigenvalue weighted by atomic mass is 9.98. The van der Waals surface area contributed by atoms with E-state index in [0.717, 1.165) is 25.1 Å². The number of nitrogens with one attached hydrogen (secondary N) is 2. The number of carboxylic acids is 1. The van der Waals surface area contributed by atoms with Crippen LogP contribution in [0.5, 0.6) is 0 Å². The van der Waals surface area contributed by atoms with Crippen LogP contribution in [-0.4, -0.2) is 42.5 Å². The molecule has 180 valence electrons. The van der Waals surface area contributed by atoms with Crippen molar-refractivity contribution >= 4 is 34.5 Å². The van der Waals surface area contributed by atoms with Gasteiger partial charge < -0.3 is 20.6 Å². The second kappa shape index (κ2) is 10.5. The topological polar surface area (TPSA) is 81.7 Å². The van der Waals surface area contributed by atoms with Crippen LogP contribution in [0, 0.1) is 5.82 Å². The maximum absolute atomic E-state index is 13.8. The zero-order valence-electron chi connectivity index (χ0n) is 19.8. The average molecular weight is 474 g/mol. The number of aliphatic carboxylic acids is 1. The van der Waals surface area contributed by atoms with Crippen LogP contribution < -0.4 is 10.6 Å². The van der Waals surface area contributed by atoms with Gasteiger partial charge in [-0.1, -0.05) is 30.3 Å². The van der Waals surface area contributed by atoms with Crippen LogP contribution in [0.2, 0.25) is 0 Å². The summed E-state index contributed by atoms with van der Waals surface area (Å²) in [6.45, 7) is 0.983. The maximum Gasteiger partial charge on any atom is 0.307 e. The molecule has 0 aliphatic carbocycles. The van der Waals surface area contributed by atoms with Crippen molar-refractivity contribution in [1.29, 1.82) is 0 Å². The van der Waals surface area contributed by atoms with Gasteiger partial charge in [0.15, 0.2) is 0 Å². The van der Waals surface area contributed by atoms with E-state index in [9.17, 15) is 19.1 Å². The molecule has 35 heavy (non-hydrogen) atoms. The van der Waals surface area contributed by atoms with Gasteiger partial charge in [0, 0.05) is 11.3 Å². The predicted octanol–water partition coefficient (Wildman–Crippen LogP) is 4.88. The Morgan fingerprint density at radius 3 is 2.57 bits per heavy atom. The van der Waals surface area contributed by atoms with E-state index in [-0.39, 0.29) is 12.3 Å². The van der Waals surface area contributed by atoms with Gasteiger partial charge in [-0.3, -0.25) is 9.59 Å². The molecule has 0 radical (unpaired) electrons. The van der Waals surface area contributed by atoms with Crippen LogP contribution in [0.1, 0.15) is 28.7 Å². The van der Waals surface area contributed by atoms with E-state index in [2.05, 4.69) is 27.7 Å². The van der Waals surface area contributed by atoms with Gasteiger partial charge in [-0.05, 0) is 86.6 Å². The normalized spacial score (nSPS) is 14.0. The molecule has 1 amide bonds. The number of anilines is 2. The molecule has 0 aromatic heterocycles. The van der Waals surface area contributed by atoms with E-state index >= 15 is 0 Å². The minimum atomic E-state index is -0.936. The first-order valence-corrected chi connectivity index (χ1v) is 11.5. The third-order valence-electron chi connectivity index (χ3n) is 5.81. The molecule has 6 nitrogen and oxygen atoms in total. The Balaban J connectivity index is 1.77. The first-order chi connectivity index (χ1) is 16.8. The average Bonchev–Trinajstić information content (AvgIpc) is 3.11. The van der Waals surface area contributed by atoms with Gasteiger partial charge in [0.05, 0.1) is 23.4 Å². The monoisotopic (exact) mass is 473 g/mol. The molecule has 3 aromatic carbocycles. The lowest BCUT2D eigenvalue weighted by Crippen LogP contribution is -2.13. The van der Waals surface area contributed by atoms with E-state index < -0.39 is 11.8 Å². The molecule has 3 N–H and O–H groups in total. The molecule has 7 heteroatoms. The molecule has 0 fully saturated rings. The Morgan fingerprint density at radius 1 is 1.03 bits per heavy atom. The molecule has 0 unspecified atom stereocenters. The summed E-state index contributed by atoms with van der Waals surface area (Å²) >= 11 is 0. The Labute approximate surface area is 204 Å². The summed E-state index contributed by atoms with van der Waals surface area (Å²) in [6.07, 6.45) is 1.80. The van der Waals surface area contributed by atoms with Gasteiger partial charge >= 0.3 is 5.97 Å². The summed E-state index contributed by atoms with van der Waals surface area (Å²) in [7, 11) is 4.09. The molecule has 1 aliphatic heterocycles. The highest BCUT2D eigenvalue weighted by Crippen LogP contribution is 2.38. The lowest BCUT2D eigenvalue weighted by molar-refractivity contribution is -0.136. The number of rotatable bonds is 9. The van der Waals surface area contributed by atoms with Crippen LogP contribution in [0.15, 0.2) is 66.7 Å². The van der Waals surface area contributed by atoms with Crippen LogP contribution in [-0.2, 0) is 22.4 Å². The number of nitrogens with zero attached hydrogens (tertiary/aromatic N) is 1. The Kier molecular flexibility index (Phi) is 7.27. The Morgan fingerprint density at radius 2 is 1.80 bits per heavy atom. The standard InChI is InChI=1S/C28H28FN3O3/c1-32(2)13-5-8-18-6-4-10-22(15-18)30-27(20-9-3-7-19(14-20)16-25(33)34)26-23-12-11-21(29)17-24(23)31-28(26)35/h3-4,6-7,9-12,14-15,17,30H,5,8,13,16H2,1-2H3,(H,31,35)(H,33,34). The second-order valence-electron chi connectivity index (χ2n) is 8.90. The molecule has 1 aliphatic rings. The number of aryl methyl sites for hydroxylation is 1. The zero-order valence-corrected chi connectivity index (χ0v) is 19.8. The summed E-state index contributed by atoms with van der Waals surface area (Å²) < 4.78 is 13.8. The number of amides is 1. The summed E-state index contributed by atoms with van der Waals surface area (Å²) in [6, 6.07) is 19.3. The number of hydrogen-bond donors (Lipinski definition) is 3. The third-order valence-corrected chi connectivity index (χ3v) is 5.81. The number of carbonyl (C=O) groups is 2. The van der Waals surface area contributed by atoms with Crippen LogP contribution in [0.3, 0.4) is 0 Å². The molecule has 0 saturated heterocycles. The summed E-state index contributed by atoms with van der Waals surface area (Å²) in [5, 5.41) is 15.4. The van der Waals surface area contributed by atoms with Crippen molar-refractivity contribution in [1.82, 2.24) is 4.90 Å². The van der Waals surface area contributed by atoms with Gasteiger partial charge in [0.1, 0.15) is 5.82 Å². The van der Waals surface area contributed by atoms with Crippen molar-refractivity contribution in [3.63, 3.8) is 0 Å². The number of carbonyl (C=O) groups excluding carboxylic acids is 1. The van der Waals surface area contributed by atoms with Crippen molar-refractivity contribution in [3.05, 3.63) is 94.8 Å². The number of hydrogen-bond acceptors (Lipinski definition) is 4. The van der Waals surface area contributed by atoms with E-state index in [1.807, 2.05) is 32.3 Å². The quantitative estimate of drug-likeness (QED) is 0.386. The van der Waals surface area contributed by atoms with E-state index in [4.69, 9.17) is 0 Å². The minimum Gasteiger partial charge on any atom is -0.481 e. The highest BCUT2D eigenvalue weighted by molar-refractivity contribution is 6.37. The van der Waals surface area contributed by atoms with Gasteiger partial charge in [0.25, 0.3) is 5.91 Å². The molecule has 0 saturated carbocycles. The van der Waals surface area contributed by atoms with Gasteiger partial charge in [-0.15, -0.1) is 0 Å². The number of halogens is 1. The summed E-state index contributed by atoms with van der Waals surface area (Å²) in [5.74, 6) is -1.72. The predicted molar refractivity (Wildman–Crippen MR) is 137 cm³/mol. The minimum absolute atomic E-state index is 0.133. The van der Waals surface area contributed by atoms with E-state index in [0.29, 0.717) is 33.6 Å².